The summed E-state index contributed by atoms with van der Waals surface area (Å²) < 4.78 is 28.5. The minimum atomic E-state index is -0.550. The van der Waals surface area contributed by atoms with Crippen molar-refractivity contribution in [2.45, 2.75) is 57.7 Å². The summed E-state index contributed by atoms with van der Waals surface area (Å²) in [5.41, 5.74) is 1.42. The first-order valence-corrected chi connectivity index (χ1v) is 8.21. The van der Waals surface area contributed by atoms with E-state index in [4.69, 9.17) is 9.31 Å². The van der Waals surface area contributed by atoms with Crippen molar-refractivity contribution in [2.24, 2.45) is 7.05 Å². The van der Waals surface area contributed by atoms with Gasteiger partial charge in [-0.15, -0.1) is 0 Å². The maximum atomic E-state index is 14.6. The van der Waals surface area contributed by atoms with Crippen LogP contribution in [-0.2, 0) is 16.4 Å². The SMILES string of the molecule is Cn1nc2c(F)cc(B3OC(C)(C)C(C)(C)O3)cc2c1C1CC1. The Kier molecular flexibility index (Phi) is 3.01. The van der Waals surface area contributed by atoms with E-state index in [0.717, 1.165) is 29.4 Å². The molecule has 0 radical (unpaired) electrons. The summed E-state index contributed by atoms with van der Waals surface area (Å²) in [7, 11) is 1.34. The number of nitrogens with zero attached hydrogens (tertiary/aromatic N) is 2. The van der Waals surface area contributed by atoms with Crippen LogP contribution in [0.4, 0.5) is 4.39 Å². The van der Waals surface area contributed by atoms with Crippen LogP contribution in [-0.4, -0.2) is 28.1 Å². The smallest absolute Gasteiger partial charge is 0.399 e. The van der Waals surface area contributed by atoms with Gasteiger partial charge in [0, 0.05) is 24.0 Å². The van der Waals surface area contributed by atoms with E-state index in [9.17, 15) is 4.39 Å². The molecule has 0 atom stereocenters. The van der Waals surface area contributed by atoms with Crippen LogP contribution in [0.1, 0.15) is 52.1 Å². The van der Waals surface area contributed by atoms with E-state index in [0.29, 0.717) is 11.4 Å². The number of hydrogen-bond acceptors (Lipinski definition) is 3. The largest absolute Gasteiger partial charge is 0.494 e. The fourth-order valence-electron chi connectivity index (χ4n) is 3.25. The maximum absolute atomic E-state index is 14.6. The second kappa shape index (κ2) is 4.58. The minimum absolute atomic E-state index is 0.310. The van der Waals surface area contributed by atoms with Gasteiger partial charge in [0.15, 0.2) is 5.82 Å². The van der Waals surface area contributed by atoms with Gasteiger partial charge >= 0.3 is 7.12 Å². The van der Waals surface area contributed by atoms with Crippen LogP contribution >= 0.6 is 0 Å². The van der Waals surface area contributed by atoms with Crippen LogP contribution in [0.3, 0.4) is 0 Å². The molecule has 122 valence electrons. The quantitative estimate of drug-likeness (QED) is 0.799. The van der Waals surface area contributed by atoms with Crippen LogP contribution in [0.25, 0.3) is 10.9 Å². The average Bonchev–Trinajstić information content (AvgIpc) is 3.15. The summed E-state index contributed by atoms with van der Waals surface area (Å²) in [6.45, 7) is 8.01. The van der Waals surface area contributed by atoms with Crippen molar-refractivity contribution >= 4 is 23.5 Å². The fraction of sp³-hybridized carbons (Fsp3) is 0.588. The Labute approximate surface area is 136 Å². The van der Waals surface area contributed by atoms with E-state index >= 15 is 0 Å². The molecular formula is C17H22BFN2O2. The molecule has 4 rings (SSSR count). The summed E-state index contributed by atoms with van der Waals surface area (Å²) in [6, 6.07) is 3.48. The van der Waals surface area contributed by atoms with Crippen molar-refractivity contribution in [1.82, 2.24) is 9.78 Å². The van der Waals surface area contributed by atoms with Gasteiger partial charge < -0.3 is 9.31 Å². The number of aryl methyl sites for hydroxylation is 1. The third-order valence-electron chi connectivity index (χ3n) is 5.45. The Morgan fingerprint density at radius 1 is 1.17 bits per heavy atom. The normalized spacial score (nSPS) is 23.0. The second-order valence-corrected chi connectivity index (χ2v) is 7.77. The van der Waals surface area contributed by atoms with Crippen molar-refractivity contribution in [3.05, 3.63) is 23.6 Å². The Morgan fingerprint density at radius 3 is 2.35 bits per heavy atom. The lowest BCUT2D eigenvalue weighted by Gasteiger charge is -2.32. The topological polar surface area (TPSA) is 36.3 Å². The van der Waals surface area contributed by atoms with Crippen molar-refractivity contribution < 1.29 is 13.7 Å². The van der Waals surface area contributed by atoms with Crippen LogP contribution in [0.15, 0.2) is 12.1 Å². The van der Waals surface area contributed by atoms with Crippen molar-refractivity contribution in [1.29, 1.82) is 0 Å². The molecule has 6 heteroatoms. The number of hydrogen-bond donors (Lipinski definition) is 0. The van der Waals surface area contributed by atoms with Crippen LogP contribution in [0, 0.1) is 5.82 Å². The van der Waals surface area contributed by atoms with Gasteiger partial charge in [-0.1, -0.05) is 6.07 Å². The molecule has 0 unspecified atom stereocenters. The molecular weight excluding hydrogens is 294 g/mol. The lowest BCUT2D eigenvalue weighted by molar-refractivity contribution is 0.00578. The second-order valence-electron chi connectivity index (χ2n) is 7.77. The zero-order valence-corrected chi connectivity index (χ0v) is 14.3. The Balaban J connectivity index is 1.81. The molecule has 1 aromatic heterocycles. The van der Waals surface area contributed by atoms with Crippen LogP contribution in [0.5, 0.6) is 0 Å². The molecule has 1 saturated carbocycles. The standard InChI is InChI=1S/C17H22BFN2O2/c1-16(2)17(3,4)23-18(22-16)11-8-12-14(13(19)9-11)20-21(5)15(12)10-6-7-10/h8-10H,6-7H2,1-5H3. The van der Waals surface area contributed by atoms with Crippen LogP contribution < -0.4 is 5.46 Å². The van der Waals surface area contributed by atoms with Crippen LogP contribution in [0.2, 0.25) is 0 Å². The van der Waals surface area contributed by atoms with E-state index in [2.05, 4.69) is 5.10 Å². The molecule has 1 aliphatic heterocycles. The number of halogens is 1. The summed E-state index contributed by atoms with van der Waals surface area (Å²) in [5, 5.41) is 5.25. The van der Waals surface area contributed by atoms with E-state index in [1.165, 1.54) is 6.07 Å². The lowest BCUT2D eigenvalue weighted by Crippen LogP contribution is -2.41. The number of fused-ring (bicyclic) bond motifs is 1. The predicted molar refractivity (Wildman–Crippen MR) is 88.4 cm³/mol. The molecule has 1 saturated heterocycles. The average molecular weight is 316 g/mol. The van der Waals surface area contributed by atoms with E-state index in [-0.39, 0.29) is 5.82 Å². The highest BCUT2D eigenvalue weighted by atomic mass is 19.1. The summed E-state index contributed by atoms with van der Waals surface area (Å²) in [4.78, 5) is 0. The van der Waals surface area contributed by atoms with E-state index in [1.54, 1.807) is 0 Å². The zero-order chi connectivity index (χ0) is 16.6. The lowest BCUT2D eigenvalue weighted by atomic mass is 9.78. The molecule has 0 spiro atoms. The van der Waals surface area contributed by atoms with Gasteiger partial charge in [-0.3, -0.25) is 4.68 Å². The first-order valence-electron chi connectivity index (χ1n) is 8.21. The van der Waals surface area contributed by atoms with E-state index in [1.807, 2.05) is 45.5 Å². The van der Waals surface area contributed by atoms with Gasteiger partial charge in [0.1, 0.15) is 5.52 Å². The minimum Gasteiger partial charge on any atom is -0.399 e. The highest BCUT2D eigenvalue weighted by Gasteiger charge is 2.52. The number of benzene rings is 1. The van der Waals surface area contributed by atoms with Gasteiger partial charge in [0.2, 0.25) is 0 Å². The molecule has 1 aliphatic carbocycles. The first-order chi connectivity index (χ1) is 10.7. The molecule has 0 N–H and O–H groups in total. The van der Waals surface area contributed by atoms with Crippen molar-refractivity contribution in [2.75, 3.05) is 0 Å². The summed E-state index contributed by atoms with van der Waals surface area (Å²) in [5.74, 6) is 0.188. The molecule has 2 aliphatic rings. The maximum Gasteiger partial charge on any atom is 0.494 e. The molecule has 2 fully saturated rings. The summed E-state index contributed by atoms with van der Waals surface area (Å²) >= 11 is 0. The molecule has 0 amide bonds. The van der Waals surface area contributed by atoms with Crippen molar-refractivity contribution in [3.63, 3.8) is 0 Å². The Morgan fingerprint density at radius 2 is 1.78 bits per heavy atom. The fourth-order valence-corrected chi connectivity index (χ4v) is 3.25. The van der Waals surface area contributed by atoms with Gasteiger partial charge in [-0.2, -0.15) is 5.10 Å². The molecule has 2 aromatic rings. The summed E-state index contributed by atoms with van der Waals surface area (Å²) in [6.07, 6.45) is 2.30. The number of aromatic nitrogens is 2. The highest BCUT2D eigenvalue weighted by Crippen LogP contribution is 2.43. The van der Waals surface area contributed by atoms with Gasteiger partial charge in [0.05, 0.1) is 11.2 Å². The number of rotatable bonds is 2. The molecule has 0 bridgehead atoms. The monoisotopic (exact) mass is 316 g/mol. The zero-order valence-electron chi connectivity index (χ0n) is 14.3. The predicted octanol–water partition coefficient (Wildman–Crippen LogP) is 2.89. The van der Waals surface area contributed by atoms with Gasteiger partial charge in [-0.05, 0) is 52.1 Å². The third-order valence-corrected chi connectivity index (χ3v) is 5.45. The third kappa shape index (κ3) is 2.23. The van der Waals surface area contributed by atoms with Gasteiger partial charge in [-0.25, -0.2) is 4.39 Å². The highest BCUT2D eigenvalue weighted by molar-refractivity contribution is 6.62. The molecule has 4 nitrogen and oxygen atoms in total. The Bertz CT molecular complexity index is 779. The van der Waals surface area contributed by atoms with Gasteiger partial charge in [0.25, 0.3) is 0 Å². The molecule has 2 heterocycles. The Hall–Kier alpha value is -1.40. The molecule has 1 aromatic carbocycles. The van der Waals surface area contributed by atoms with E-state index < -0.39 is 18.3 Å². The molecule has 23 heavy (non-hydrogen) atoms. The first kappa shape index (κ1) is 15.2. The van der Waals surface area contributed by atoms with Crippen molar-refractivity contribution in [3.8, 4) is 0 Å².